The Bertz CT molecular complexity index is 837. The zero-order chi connectivity index (χ0) is 20.0. The van der Waals surface area contributed by atoms with E-state index in [-0.39, 0.29) is 16.8 Å². The van der Waals surface area contributed by atoms with Gasteiger partial charge in [0.2, 0.25) is 0 Å². The van der Waals surface area contributed by atoms with Crippen LogP contribution in [0.15, 0.2) is 36.4 Å². The monoisotopic (exact) mass is 390 g/mol. The van der Waals surface area contributed by atoms with E-state index >= 15 is 0 Å². The summed E-state index contributed by atoms with van der Waals surface area (Å²) in [5, 5.41) is 3.04. The number of benzene rings is 2. The van der Waals surface area contributed by atoms with Crippen molar-refractivity contribution in [2.75, 3.05) is 32.6 Å². The van der Waals surface area contributed by atoms with Crippen molar-refractivity contribution in [2.45, 2.75) is 13.8 Å². The van der Waals surface area contributed by atoms with E-state index in [2.05, 4.69) is 5.32 Å². The first kappa shape index (κ1) is 20.6. The summed E-state index contributed by atoms with van der Waals surface area (Å²) in [6.45, 7) is 4.70. The SMILES string of the molecule is CCOc1ccc(C(=O)Nc2ccc(C(=O)N(C)C)c(Cl)c2)cc1OCC. The molecule has 0 aliphatic carbocycles. The normalized spacial score (nSPS) is 10.3. The Morgan fingerprint density at radius 2 is 1.67 bits per heavy atom. The lowest BCUT2D eigenvalue weighted by atomic mass is 10.1. The van der Waals surface area contributed by atoms with Gasteiger partial charge in [-0.1, -0.05) is 11.6 Å². The lowest BCUT2D eigenvalue weighted by Crippen LogP contribution is -2.22. The molecule has 0 heterocycles. The summed E-state index contributed by atoms with van der Waals surface area (Å²) in [5.74, 6) is 0.579. The second-order valence-electron chi connectivity index (χ2n) is 5.88. The molecule has 7 heteroatoms. The number of hydrogen-bond donors (Lipinski definition) is 1. The van der Waals surface area contributed by atoms with Crippen LogP contribution in [0.25, 0.3) is 0 Å². The van der Waals surface area contributed by atoms with E-state index < -0.39 is 0 Å². The molecule has 144 valence electrons. The van der Waals surface area contributed by atoms with Gasteiger partial charge in [0.25, 0.3) is 11.8 Å². The van der Waals surface area contributed by atoms with Crippen LogP contribution >= 0.6 is 11.6 Å². The zero-order valence-electron chi connectivity index (χ0n) is 15.8. The molecule has 0 saturated carbocycles. The maximum Gasteiger partial charge on any atom is 0.255 e. The van der Waals surface area contributed by atoms with Gasteiger partial charge >= 0.3 is 0 Å². The fraction of sp³-hybridized carbons (Fsp3) is 0.300. The minimum Gasteiger partial charge on any atom is -0.490 e. The van der Waals surface area contributed by atoms with Crippen molar-refractivity contribution in [3.05, 3.63) is 52.5 Å². The van der Waals surface area contributed by atoms with Gasteiger partial charge in [0.15, 0.2) is 11.5 Å². The first-order valence-corrected chi connectivity index (χ1v) is 8.97. The number of rotatable bonds is 7. The molecule has 0 aliphatic heterocycles. The molecule has 1 N–H and O–H groups in total. The minimum absolute atomic E-state index is 0.203. The van der Waals surface area contributed by atoms with Crippen molar-refractivity contribution in [1.29, 1.82) is 0 Å². The maximum absolute atomic E-state index is 12.6. The number of carbonyl (C=O) groups excluding carboxylic acids is 2. The van der Waals surface area contributed by atoms with E-state index in [0.717, 1.165) is 0 Å². The summed E-state index contributed by atoms with van der Waals surface area (Å²) < 4.78 is 11.0. The largest absolute Gasteiger partial charge is 0.490 e. The standard InChI is InChI=1S/C20H23ClN2O4/c1-5-26-17-10-7-13(11-18(17)27-6-2)19(24)22-14-8-9-15(16(21)12-14)20(25)23(3)4/h7-12H,5-6H2,1-4H3,(H,22,24). The Balaban J connectivity index is 2.20. The third-order valence-electron chi connectivity index (χ3n) is 3.67. The van der Waals surface area contributed by atoms with Gasteiger partial charge < -0.3 is 19.7 Å². The molecule has 0 saturated heterocycles. The van der Waals surface area contributed by atoms with E-state index in [4.69, 9.17) is 21.1 Å². The van der Waals surface area contributed by atoms with Crippen LogP contribution < -0.4 is 14.8 Å². The third kappa shape index (κ3) is 5.14. The van der Waals surface area contributed by atoms with Gasteiger partial charge in [-0.05, 0) is 50.2 Å². The van der Waals surface area contributed by atoms with Crippen molar-refractivity contribution in [2.24, 2.45) is 0 Å². The predicted octanol–water partition coefficient (Wildman–Crippen LogP) is 4.09. The highest BCUT2D eigenvalue weighted by atomic mass is 35.5. The van der Waals surface area contributed by atoms with Crippen molar-refractivity contribution in [3.8, 4) is 11.5 Å². The van der Waals surface area contributed by atoms with Gasteiger partial charge in [0, 0.05) is 25.3 Å². The average molecular weight is 391 g/mol. The minimum atomic E-state index is -0.318. The van der Waals surface area contributed by atoms with E-state index in [0.29, 0.717) is 41.5 Å². The summed E-state index contributed by atoms with van der Waals surface area (Å²) >= 11 is 6.18. The van der Waals surface area contributed by atoms with Crippen LogP contribution in [-0.2, 0) is 0 Å². The molecule has 0 bridgehead atoms. The van der Waals surface area contributed by atoms with E-state index in [1.54, 1.807) is 50.5 Å². The number of ether oxygens (including phenoxy) is 2. The second-order valence-corrected chi connectivity index (χ2v) is 6.28. The molecular formula is C20H23ClN2O4. The third-order valence-corrected chi connectivity index (χ3v) is 3.98. The summed E-state index contributed by atoms with van der Waals surface area (Å²) in [5.41, 5.74) is 1.29. The summed E-state index contributed by atoms with van der Waals surface area (Å²) in [6, 6.07) is 9.77. The molecule has 0 aliphatic rings. The fourth-order valence-electron chi connectivity index (χ4n) is 2.40. The van der Waals surface area contributed by atoms with Crippen molar-refractivity contribution in [1.82, 2.24) is 4.90 Å². The average Bonchev–Trinajstić information content (AvgIpc) is 2.63. The second kappa shape index (κ2) is 9.28. The molecule has 6 nitrogen and oxygen atoms in total. The Morgan fingerprint density at radius 1 is 1.00 bits per heavy atom. The number of amides is 2. The van der Waals surface area contributed by atoms with Crippen LogP contribution in [0.2, 0.25) is 5.02 Å². The van der Waals surface area contributed by atoms with Crippen molar-refractivity contribution >= 4 is 29.1 Å². The predicted molar refractivity (Wildman–Crippen MR) is 106 cm³/mol. The van der Waals surface area contributed by atoms with Gasteiger partial charge in [-0.15, -0.1) is 0 Å². The van der Waals surface area contributed by atoms with Crippen molar-refractivity contribution in [3.63, 3.8) is 0 Å². The fourth-order valence-corrected chi connectivity index (χ4v) is 2.66. The number of carbonyl (C=O) groups is 2. The lowest BCUT2D eigenvalue weighted by molar-refractivity contribution is 0.0827. The first-order chi connectivity index (χ1) is 12.9. The number of nitrogens with zero attached hydrogens (tertiary/aromatic N) is 1. The Labute approximate surface area is 164 Å². The van der Waals surface area contributed by atoms with Crippen LogP contribution in [0, 0.1) is 0 Å². The number of halogens is 1. The van der Waals surface area contributed by atoms with Gasteiger partial charge in [-0.25, -0.2) is 0 Å². The highest BCUT2D eigenvalue weighted by molar-refractivity contribution is 6.34. The van der Waals surface area contributed by atoms with Gasteiger partial charge in [0.05, 0.1) is 23.8 Å². The zero-order valence-corrected chi connectivity index (χ0v) is 16.6. The number of nitrogens with one attached hydrogen (secondary N) is 1. The summed E-state index contributed by atoms with van der Waals surface area (Å²) in [6.07, 6.45) is 0. The van der Waals surface area contributed by atoms with E-state index in [9.17, 15) is 9.59 Å². The smallest absolute Gasteiger partial charge is 0.255 e. The van der Waals surface area contributed by atoms with Gasteiger partial charge in [-0.2, -0.15) is 0 Å². The van der Waals surface area contributed by atoms with Gasteiger partial charge in [0.1, 0.15) is 0 Å². The number of hydrogen-bond acceptors (Lipinski definition) is 4. The molecule has 0 radical (unpaired) electrons. The quantitative estimate of drug-likeness (QED) is 0.773. The van der Waals surface area contributed by atoms with Crippen LogP contribution in [0.4, 0.5) is 5.69 Å². The highest BCUT2D eigenvalue weighted by Crippen LogP contribution is 2.29. The van der Waals surface area contributed by atoms with Gasteiger partial charge in [-0.3, -0.25) is 9.59 Å². The molecule has 2 rings (SSSR count). The first-order valence-electron chi connectivity index (χ1n) is 8.59. The molecule has 0 atom stereocenters. The lowest BCUT2D eigenvalue weighted by Gasteiger charge is -2.14. The highest BCUT2D eigenvalue weighted by Gasteiger charge is 2.15. The Morgan fingerprint density at radius 3 is 2.26 bits per heavy atom. The van der Waals surface area contributed by atoms with Crippen LogP contribution in [0.1, 0.15) is 34.6 Å². The molecule has 0 aromatic heterocycles. The summed E-state index contributed by atoms with van der Waals surface area (Å²) in [4.78, 5) is 26.0. The molecule has 0 spiro atoms. The van der Waals surface area contributed by atoms with E-state index in [1.165, 1.54) is 4.90 Å². The molecule has 2 aromatic rings. The van der Waals surface area contributed by atoms with Crippen LogP contribution in [0.5, 0.6) is 11.5 Å². The van der Waals surface area contributed by atoms with Crippen LogP contribution in [0.3, 0.4) is 0 Å². The molecule has 0 fully saturated rings. The topological polar surface area (TPSA) is 67.9 Å². The molecule has 27 heavy (non-hydrogen) atoms. The Kier molecular flexibility index (Phi) is 7.07. The van der Waals surface area contributed by atoms with Crippen molar-refractivity contribution < 1.29 is 19.1 Å². The number of anilines is 1. The maximum atomic E-state index is 12.6. The molecular weight excluding hydrogens is 368 g/mol. The van der Waals surface area contributed by atoms with Crippen LogP contribution in [-0.4, -0.2) is 44.0 Å². The van der Waals surface area contributed by atoms with E-state index in [1.807, 2.05) is 13.8 Å². The summed E-state index contributed by atoms with van der Waals surface area (Å²) in [7, 11) is 3.30. The Hall–Kier alpha value is -2.73. The molecule has 2 amide bonds. The molecule has 2 aromatic carbocycles. The molecule has 0 unspecified atom stereocenters.